The van der Waals surface area contributed by atoms with E-state index in [1.54, 1.807) is 0 Å². The molecule has 0 aliphatic rings. The summed E-state index contributed by atoms with van der Waals surface area (Å²) in [5, 5.41) is 10.0. The summed E-state index contributed by atoms with van der Waals surface area (Å²) in [6.07, 6.45) is 9.46. The van der Waals surface area contributed by atoms with Gasteiger partial charge in [-0.3, -0.25) is 4.55 Å². The van der Waals surface area contributed by atoms with Crippen molar-refractivity contribution in [1.29, 1.82) is 0 Å². The van der Waals surface area contributed by atoms with Gasteiger partial charge in [0.25, 0.3) is 10.1 Å². The Hall–Kier alpha value is -1.41. The molecule has 0 bridgehead atoms. The number of unbranched alkanes of at least 4 members (excludes halogenated alkanes) is 2. The van der Waals surface area contributed by atoms with Crippen molar-refractivity contribution in [2.24, 2.45) is 0 Å². The third-order valence-electron chi connectivity index (χ3n) is 4.36. The minimum atomic E-state index is -4.22. The Kier molecular flexibility index (Phi) is 10.0. The maximum atomic E-state index is 11.0. The van der Waals surface area contributed by atoms with Crippen molar-refractivity contribution in [3.05, 3.63) is 36.4 Å². The molecular formula is C20H34NO5S+. The van der Waals surface area contributed by atoms with Gasteiger partial charge in [0.15, 0.2) is 6.29 Å². The zero-order chi connectivity index (χ0) is 20.3. The van der Waals surface area contributed by atoms with Crippen molar-refractivity contribution in [3.63, 3.8) is 0 Å². The molecule has 0 saturated heterocycles. The van der Waals surface area contributed by atoms with Crippen molar-refractivity contribution in [3.8, 4) is 5.75 Å². The van der Waals surface area contributed by atoms with Crippen LogP contribution in [-0.4, -0.2) is 56.0 Å². The number of ether oxygens (including phenoxy) is 1. The Balaban J connectivity index is 2.30. The van der Waals surface area contributed by atoms with Gasteiger partial charge in [-0.1, -0.05) is 25.5 Å². The fourth-order valence-corrected chi connectivity index (χ4v) is 3.23. The molecule has 1 aromatic carbocycles. The number of hydrogen-bond acceptors (Lipinski definition) is 4. The number of allylic oxidation sites excluding steroid dienone is 2. The minimum Gasteiger partial charge on any atom is -0.465 e. The molecule has 1 unspecified atom stereocenters. The second-order valence-corrected chi connectivity index (χ2v) is 8.87. The van der Waals surface area contributed by atoms with Crippen LogP contribution in [0.5, 0.6) is 5.75 Å². The summed E-state index contributed by atoms with van der Waals surface area (Å²) in [5.74, 6) is 0.363. The maximum absolute atomic E-state index is 11.0. The number of nitrogens with zero attached hydrogens (tertiary/aromatic N) is 1. The molecule has 1 rings (SSSR count). The van der Waals surface area contributed by atoms with Crippen LogP contribution in [0.1, 0.15) is 45.4 Å². The van der Waals surface area contributed by atoms with Gasteiger partial charge in [0, 0.05) is 12.8 Å². The number of rotatable bonds is 13. The van der Waals surface area contributed by atoms with Crippen LogP contribution in [0.4, 0.5) is 0 Å². The molecule has 0 spiro atoms. The quantitative estimate of drug-likeness (QED) is 0.174. The highest BCUT2D eigenvalue weighted by Gasteiger charge is 2.16. The fourth-order valence-electron chi connectivity index (χ4n) is 2.75. The van der Waals surface area contributed by atoms with Gasteiger partial charge in [-0.15, -0.1) is 0 Å². The normalized spacial score (nSPS) is 13.8. The average molecular weight is 401 g/mol. The molecule has 1 atom stereocenters. The molecule has 0 aliphatic carbocycles. The van der Waals surface area contributed by atoms with Crippen LogP contribution in [0.15, 0.2) is 41.3 Å². The lowest BCUT2D eigenvalue weighted by atomic mass is 10.2. The van der Waals surface area contributed by atoms with E-state index in [0.29, 0.717) is 12.2 Å². The topological polar surface area (TPSA) is 83.8 Å². The molecule has 7 heteroatoms. The van der Waals surface area contributed by atoms with Crippen molar-refractivity contribution in [2.75, 3.05) is 27.2 Å². The molecule has 1 aromatic rings. The molecule has 0 aromatic heterocycles. The van der Waals surface area contributed by atoms with Crippen molar-refractivity contribution < 1.29 is 27.3 Å². The van der Waals surface area contributed by atoms with Crippen LogP contribution in [-0.2, 0) is 10.1 Å². The predicted molar refractivity (Wildman–Crippen MR) is 107 cm³/mol. The van der Waals surface area contributed by atoms with E-state index in [-0.39, 0.29) is 4.90 Å². The molecule has 0 heterocycles. The second kappa shape index (κ2) is 11.4. The first-order valence-corrected chi connectivity index (χ1v) is 11.0. The van der Waals surface area contributed by atoms with Gasteiger partial charge in [0.1, 0.15) is 5.75 Å². The molecule has 0 fully saturated rings. The largest absolute Gasteiger partial charge is 0.465 e. The first kappa shape index (κ1) is 23.6. The molecular weight excluding hydrogens is 366 g/mol. The van der Waals surface area contributed by atoms with E-state index in [4.69, 9.17) is 9.29 Å². The van der Waals surface area contributed by atoms with Crippen LogP contribution in [0, 0.1) is 0 Å². The van der Waals surface area contributed by atoms with Crippen molar-refractivity contribution in [2.45, 2.75) is 56.6 Å². The lowest BCUT2D eigenvalue weighted by Crippen LogP contribution is -2.41. The summed E-state index contributed by atoms with van der Waals surface area (Å²) in [5.41, 5.74) is 0. The van der Waals surface area contributed by atoms with E-state index < -0.39 is 16.4 Å². The van der Waals surface area contributed by atoms with Gasteiger partial charge < -0.3 is 14.3 Å². The monoisotopic (exact) mass is 400 g/mol. The van der Waals surface area contributed by atoms with Gasteiger partial charge in [-0.25, -0.2) is 0 Å². The van der Waals surface area contributed by atoms with Crippen LogP contribution in [0.3, 0.4) is 0 Å². The van der Waals surface area contributed by atoms with Crippen molar-refractivity contribution in [1.82, 2.24) is 0 Å². The molecule has 0 saturated carbocycles. The highest BCUT2D eigenvalue weighted by molar-refractivity contribution is 7.85. The summed E-state index contributed by atoms with van der Waals surface area (Å²) >= 11 is 0. The third kappa shape index (κ3) is 10.5. The molecule has 0 aliphatic heterocycles. The second-order valence-electron chi connectivity index (χ2n) is 7.45. The molecule has 0 radical (unpaired) electrons. The van der Waals surface area contributed by atoms with E-state index in [1.807, 2.05) is 0 Å². The number of benzene rings is 1. The Morgan fingerprint density at radius 3 is 2.26 bits per heavy atom. The Morgan fingerprint density at radius 1 is 1.07 bits per heavy atom. The molecule has 27 heavy (non-hydrogen) atoms. The van der Waals surface area contributed by atoms with Gasteiger partial charge in [-0.2, -0.15) is 8.42 Å². The van der Waals surface area contributed by atoms with Crippen LogP contribution >= 0.6 is 0 Å². The maximum Gasteiger partial charge on any atom is 0.294 e. The highest BCUT2D eigenvalue weighted by Crippen LogP contribution is 2.18. The summed E-state index contributed by atoms with van der Waals surface area (Å²) in [4.78, 5) is -0.201. The highest BCUT2D eigenvalue weighted by atomic mass is 32.2. The number of quaternary nitrogens is 1. The summed E-state index contributed by atoms with van der Waals surface area (Å²) in [6, 6.07) is 5.31. The summed E-state index contributed by atoms with van der Waals surface area (Å²) in [6.45, 7) is 4.21. The Labute approximate surface area is 163 Å². The smallest absolute Gasteiger partial charge is 0.294 e. The zero-order valence-electron chi connectivity index (χ0n) is 16.7. The van der Waals surface area contributed by atoms with Gasteiger partial charge >= 0.3 is 0 Å². The van der Waals surface area contributed by atoms with Gasteiger partial charge in [-0.05, 0) is 43.5 Å². The van der Waals surface area contributed by atoms with E-state index >= 15 is 0 Å². The summed E-state index contributed by atoms with van der Waals surface area (Å²) < 4.78 is 37.2. The number of aliphatic hydroxyl groups is 1. The molecule has 6 nitrogen and oxygen atoms in total. The third-order valence-corrected chi connectivity index (χ3v) is 5.23. The van der Waals surface area contributed by atoms with Gasteiger partial charge in [0.2, 0.25) is 0 Å². The molecule has 154 valence electrons. The Morgan fingerprint density at radius 2 is 1.67 bits per heavy atom. The average Bonchev–Trinajstić information content (AvgIpc) is 2.57. The predicted octanol–water partition coefficient (Wildman–Crippen LogP) is 3.62. The number of hydrogen-bond donors (Lipinski definition) is 2. The van der Waals surface area contributed by atoms with Crippen LogP contribution in [0.2, 0.25) is 0 Å². The minimum absolute atomic E-state index is 0.201. The molecule has 0 amide bonds. The van der Waals surface area contributed by atoms with Crippen LogP contribution in [0.25, 0.3) is 0 Å². The first-order valence-electron chi connectivity index (χ1n) is 9.53. The number of aliphatic hydroxyl groups excluding tert-OH is 1. The lowest BCUT2D eigenvalue weighted by molar-refractivity contribution is -0.890. The van der Waals surface area contributed by atoms with Gasteiger partial charge in [0.05, 0.1) is 32.1 Å². The van der Waals surface area contributed by atoms with E-state index in [1.165, 1.54) is 30.7 Å². The van der Waals surface area contributed by atoms with E-state index in [2.05, 4.69) is 33.2 Å². The van der Waals surface area contributed by atoms with E-state index in [9.17, 15) is 13.5 Å². The first-order chi connectivity index (χ1) is 12.6. The molecule has 2 N–H and O–H groups in total. The zero-order valence-corrected chi connectivity index (χ0v) is 17.5. The standard InChI is InChI=1S/C20H33NO5S/c1-4-5-6-7-8-9-16-21(2,3)17-10-11-20(22)26-18-12-14-19(15-13-18)27(23,24)25/h6-7,12-15,20,22H,4-5,8-11,16-17H2,1-3H3/p+1/b7-6+. The SMILES string of the molecule is CCC/C=C/CCC[N+](C)(C)CCCC(O)Oc1ccc(S(=O)(=O)O)cc1. The Bertz CT molecular complexity index is 668. The summed E-state index contributed by atoms with van der Waals surface area (Å²) in [7, 11) is 0.165. The van der Waals surface area contributed by atoms with Crippen LogP contribution < -0.4 is 4.74 Å². The fraction of sp³-hybridized carbons (Fsp3) is 0.600. The lowest BCUT2D eigenvalue weighted by Gasteiger charge is -2.30. The van der Waals surface area contributed by atoms with Crippen molar-refractivity contribution >= 4 is 10.1 Å². The van der Waals surface area contributed by atoms with E-state index in [0.717, 1.165) is 43.3 Å².